The first-order valence-corrected chi connectivity index (χ1v) is 8.92. The Morgan fingerprint density at radius 1 is 1.21 bits per heavy atom. The fraction of sp³-hybridized carbons (Fsp3) is 0.833. The van der Waals surface area contributed by atoms with Crippen LogP contribution in [0.5, 0.6) is 0 Å². The Morgan fingerprint density at radius 2 is 1.86 bits per heavy atom. The molecule has 1 unspecified atom stereocenters. The van der Waals surface area contributed by atoms with E-state index in [1.165, 1.54) is 31.1 Å². The molecule has 0 aromatic rings. The zero-order valence-corrected chi connectivity index (χ0v) is 11.6. The maximum atomic E-state index is 2.56. The Hall–Kier alpha value is -0.0831. The molecule has 0 saturated carbocycles. The Labute approximate surface area is 91.2 Å². The summed E-state index contributed by atoms with van der Waals surface area (Å²) in [6.45, 7) is 8.27. The minimum absolute atomic E-state index is 0.962. The number of allylic oxidation sites excluding steroid dienone is 2. The van der Waals surface area contributed by atoms with Gasteiger partial charge in [-0.25, -0.2) is 0 Å². The van der Waals surface area contributed by atoms with E-state index in [1.807, 2.05) is 0 Å². The number of rotatable bonds is 7. The van der Waals surface area contributed by atoms with Crippen LogP contribution in [0.2, 0.25) is 24.7 Å². The Kier molecular flexibility index (Phi) is 7.20. The summed E-state index contributed by atoms with van der Waals surface area (Å²) in [6, 6.07) is 4.29. The van der Waals surface area contributed by atoms with E-state index < -0.39 is 8.07 Å². The predicted octanol–water partition coefficient (Wildman–Crippen LogP) is 3.61. The molecule has 0 radical (unpaired) electrons. The van der Waals surface area contributed by atoms with Crippen LogP contribution in [0.3, 0.4) is 0 Å². The summed E-state index contributed by atoms with van der Waals surface area (Å²) in [5.41, 5.74) is 0. The molecule has 0 spiro atoms. The van der Waals surface area contributed by atoms with Gasteiger partial charge in [-0.2, -0.15) is 0 Å². The molecular weight excluding hydrogens is 186 g/mol. The molecule has 0 amide bonds. The van der Waals surface area contributed by atoms with Gasteiger partial charge in [-0.3, -0.25) is 0 Å². The SMILES string of the molecule is CC=CC[Si](C)(CCC)CCN(C)C. The highest BCUT2D eigenvalue weighted by Gasteiger charge is 2.23. The number of nitrogens with zero attached hydrogens (tertiary/aromatic N) is 1. The molecule has 1 nitrogen and oxygen atoms in total. The van der Waals surface area contributed by atoms with Crippen molar-refractivity contribution >= 4 is 8.07 Å². The van der Waals surface area contributed by atoms with Gasteiger partial charge in [-0.15, -0.1) is 0 Å². The second-order valence-corrected chi connectivity index (χ2v) is 9.92. The predicted molar refractivity (Wildman–Crippen MR) is 69.7 cm³/mol. The molecule has 14 heavy (non-hydrogen) atoms. The van der Waals surface area contributed by atoms with Crippen LogP contribution in [0.1, 0.15) is 20.3 Å². The molecule has 0 saturated heterocycles. The summed E-state index contributed by atoms with van der Waals surface area (Å²) in [5, 5.41) is 0. The van der Waals surface area contributed by atoms with Crippen LogP contribution in [0.15, 0.2) is 12.2 Å². The van der Waals surface area contributed by atoms with Crippen molar-refractivity contribution in [2.45, 2.75) is 44.9 Å². The second-order valence-electron chi connectivity index (χ2n) is 4.89. The van der Waals surface area contributed by atoms with Crippen molar-refractivity contribution in [2.24, 2.45) is 0 Å². The average molecular weight is 213 g/mol. The van der Waals surface area contributed by atoms with E-state index in [-0.39, 0.29) is 0 Å². The lowest BCUT2D eigenvalue weighted by Crippen LogP contribution is -2.33. The van der Waals surface area contributed by atoms with E-state index in [0.717, 1.165) is 0 Å². The largest absolute Gasteiger partial charge is 0.310 e. The first kappa shape index (κ1) is 13.9. The van der Waals surface area contributed by atoms with Gasteiger partial charge < -0.3 is 4.90 Å². The molecule has 0 fully saturated rings. The third-order valence-electron chi connectivity index (χ3n) is 2.86. The topological polar surface area (TPSA) is 3.24 Å². The summed E-state index contributed by atoms with van der Waals surface area (Å²) < 4.78 is 0. The van der Waals surface area contributed by atoms with Gasteiger partial charge in [0.05, 0.1) is 8.07 Å². The van der Waals surface area contributed by atoms with Crippen molar-refractivity contribution in [1.29, 1.82) is 0 Å². The molecule has 1 atom stereocenters. The van der Waals surface area contributed by atoms with Gasteiger partial charge in [0.25, 0.3) is 0 Å². The van der Waals surface area contributed by atoms with E-state index in [4.69, 9.17) is 0 Å². The van der Waals surface area contributed by atoms with Crippen molar-refractivity contribution in [3.8, 4) is 0 Å². The van der Waals surface area contributed by atoms with Gasteiger partial charge in [0.15, 0.2) is 0 Å². The maximum absolute atomic E-state index is 2.56. The van der Waals surface area contributed by atoms with Crippen molar-refractivity contribution in [3.05, 3.63) is 12.2 Å². The van der Waals surface area contributed by atoms with Crippen LogP contribution in [0.4, 0.5) is 0 Å². The third-order valence-corrected chi connectivity index (χ3v) is 7.22. The molecule has 0 rings (SSSR count). The Balaban J connectivity index is 4.08. The molecule has 0 aliphatic rings. The zero-order valence-electron chi connectivity index (χ0n) is 10.6. The highest BCUT2D eigenvalue weighted by molar-refractivity contribution is 6.79. The molecule has 0 aromatic carbocycles. The lowest BCUT2D eigenvalue weighted by Gasteiger charge is -2.27. The van der Waals surface area contributed by atoms with E-state index in [2.05, 4.69) is 51.5 Å². The minimum atomic E-state index is -0.962. The average Bonchev–Trinajstić information content (AvgIpc) is 2.13. The normalized spacial score (nSPS) is 16.4. The summed E-state index contributed by atoms with van der Waals surface area (Å²) >= 11 is 0. The van der Waals surface area contributed by atoms with E-state index >= 15 is 0 Å². The van der Waals surface area contributed by atoms with Crippen molar-refractivity contribution < 1.29 is 0 Å². The minimum Gasteiger partial charge on any atom is -0.310 e. The van der Waals surface area contributed by atoms with Gasteiger partial charge in [-0.05, 0) is 39.7 Å². The second kappa shape index (κ2) is 7.24. The molecule has 0 heterocycles. The zero-order chi connectivity index (χ0) is 11.0. The number of hydrogen-bond acceptors (Lipinski definition) is 1. The lowest BCUT2D eigenvalue weighted by molar-refractivity contribution is 0.430. The van der Waals surface area contributed by atoms with Gasteiger partial charge in [0.2, 0.25) is 0 Å². The fourth-order valence-corrected chi connectivity index (χ4v) is 5.49. The van der Waals surface area contributed by atoms with Crippen LogP contribution >= 0.6 is 0 Å². The number of hydrogen-bond donors (Lipinski definition) is 0. The first-order valence-electron chi connectivity index (χ1n) is 5.80. The molecule has 2 heteroatoms. The quantitative estimate of drug-likeness (QED) is 0.461. The Morgan fingerprint density at radius 3 is 2.29 bits per heavy atom. The smallest absolute Gasteiger partial charge is 0.0554 e. The van der Waals surface area contributed by atoms with Gasteiger partial charge in [-0.1, -0.05) is 38.1 Å². The van der Waals surface area contributed by atoms with Gasteiger partial charge in [0, 0.05) is 0 Å². The highest BCUT2D eigenvalue weighted by atomic mass is 28.3. The van der Waals surface area contributed by atoms with Crippen LogP contribution in [0, 0.1) is 0 Å². The molecule has 0 N–H and O–H groups in total. The van der Waals surface area contributed by atoms with Gasteiger partial charge >= 0.3 is 0 Å². The molecular formula is C12H27NSi. The Bertz CT molecular complexity index is 166. The summed E-state index contributed by atoms with van der Waals surface area (Å²) in [6.07, 6.45) is 5.93. The van der Waals surface area contributed by atoms with Crippen LogP contribution in [0.25, 0.3) is 0 Å². The third kappa shape index (κ3) is 6.38. The summed E-state index contributed by atoms with van der Waals surface area (Å²) in [4.78, 5) is 2.32. The summed E-state index contributed by atoms with van der Waals surface area (Å²) in [7, 11) is 3.39. The van der Waals surface area contributed by atoms with E-state index in [9.17, 15) is 0 Å². The van der Waals surface area contributed by atoms with E-state index in [0.29, 0.717) is 0 Å². The highest BCUT2D eigenvalue weighted by Crippen LogP contribution is 2.23. The van der Waals surface area contributed by atoms with Crippen LogP contribution < -0.4 is 0 Å². The van der Waals surface area contributed by atoms with Gasteiger partial charge in [0.1, 0.15) is 0 Å². The standard InChI is InChI=1S/C12H27NSi/c1-6-8-11-14(5,10-7-2)12-9-13(3)4/h6,8H,7,9-12H2,1-5H3. The summed E-state index contributed by atoms with van der Waals surface area (Å²) in [5.74, 6) is 0. The van der Waals surface area contributed by atoms with Crippen molar-refractivity contribution in [1.82, 2.24) is 4.90 Å². The van der Waals surface area contributed by atoms with Crippen molar-refractivity contribution in [3.63, 3.8) is 0 Å². The van der Waals surface area contributed by atoms with Crippen molar-refractivity contribution in [2.75, 3.05) is 20.6 Å². The fourth-order valence-electron chi connectivity index (χ4n) is 1.83. The van der Waals surface area contributed by atoms with Crippen LogP contribution in [-0.4, -0.2) is 33.6 Å². The van der Waals surface area contributed by atoms with Crippen LogP contribution in [-0.2, 0) is 0 Å². The molecule has 0 aromatic heterocycles. The molecule has 0 bridgehead atoms. The first-order chi connectivity index (χ1) is 6.54. The monoisotopic (exact) mass is 213 g/mol. The molecule has 0 aliphatic heterocycles. The maximum Gasteiger partial charge on any atom is 0.0554 e. The lowest BCUT2D eigenvalue weighted by atomic mass is 10.6. The molecule has 0 aliphatic carbocycles. The van der Waals surface area contributed by atoms with E-state index in [1.54, 1.807) is 0 Å². The molecule has 84 valence electrons.